The van der Waals surface area contributed by atoms with Gasteiger partial charge in [0.15, 0.2) is 0 Å². The van der Waals surface area contributed by atoms with Crippen LogP contribution in [0.15, 0.2) is 52.8 Å². The fourth-order valence-corrected chi connectivity index (χ4v) is 3.12. The second-order valence-corrected chi connectivity index (χ2v) is 6.08. The highest BCUT2D eigenvalue weighted by molar-refractivity contribution is 7.98. The van der Waals surface area contributed by atoms with Gasteiger partial charge in [-0.1, -0.05) is 22.8 Å². The first-order chi connectivity index (χ1) is 10.6. The van der Waals surface area contributed by atoms with Crippen LogP contribution >= 0.6 is 23.4 Å². The summed E-state index contributed by atoms with van der Waals surface area (Å²) in [7, 11) is 2.00. The van der Waals surface area contributed by atoms with Crippen molar-refractivity contribution in [3.63, 3.8) is 0 Å². The first kappa shape index (κ1) is 14.9. The monoisotopic (exact) mass is 331 g/mol. The molecule has 0 fully saturated rings. The van der Waals surface area contributed by atoms with Crippen LogP contribution in [0.4, 0.5) is 0 Å². The Kier molecular flexibility index (Phi) is 4.09. The number of benzene rings is 1. The molecule has 0 aliphatic rings. The molecule has 0 saturated heterocycles. The maximum atomic E-state index is 9.48. The number of nitrogens with zero attached hydrogens (tertiary/aromatic N) is 3. The number of aryl methyl sites for hydroxylation is 1. The molecule has 3 aromatic rings. The molecule has 0 bridgehead atoms. The van der Waals surface area contributed by atoms with Crippen molar-refractivity contribution in [2.24, 2.45) is 12.2 Å². The Morgan fingerprint density at radius 3 is 2.77 bits per heavy atom. The lowest BCUT2D eigenvalue weighted by molar-refractivity contribution is 0.319. The van der Waals surface area contributed by atoms with Crippen LogP contribution in [0.2, 0.25) is 5.15 Å². The van der Waals surface area contributed by atoms with Crippen LogP contribution in [0.1, 0.15) is 11.1 Å². The van der Waals surface area contributed by atoms with Crippen molar-refractivity contribution in [1.29, 1.82) is 0 Å². The van der Waals surface area contributed by atoms with Gasteiger partial charge < -0.3 is 9.77 Å². The molecule has 0 atom stereocenters. The number of hydrogen-bond acceptors (Lipinski definition) is 4. The van der Waals surface area contributed by atoms with Crippen molar-refractivity contribution >= 4 is 40.0 Å². The minimum atomic E-state index is 0.379. The Balaban J connectivity index is 2.11. The quantitative estimate of drug-likeness (QED) is 0.257. The number of aromatic nitrogens is 2. The Morgan fingerprint density at radius 1 is 1.23 bits per heavy atom. The molecule has 0 unspecified atom stereocenters. The third-order valence-electron chi connectivity index (χ3n) is 3.51. The van der Waals surface area contributed by atoms with E-state index in [1.54, 1.807) is 6.07 Å². The van der Waals surface area contributed by atoms with E-state index in [0.717, 1.165) is 27.1 Å². The SMILES string of the molecule is CSc1cc(/C(=N\O)c2ccc3c(ccn3C)c2)cc(Cl)n1. The van der Waals surface area contributed by atoms with E-state index in [9.17, 15) is 5.21 Å². The summed E-state index contributed by atoms with van der Waals surface area (Å²) >= 11 is 7.54. The summed E-state index contributed by atoms with van der Waals surface area (Å²) in [5.41, 5.74) is 3.17. The highest BCUT2D eigenvalue weighted by atomic mass is 35.5. The first-order valence-corrected chi connectivity index (χ1v) is 8.22. The minimum Gasteiger partial charge on any atom is -0.410 e. The van der Waals surface area contributed by atoms with Gasteiger partial charge in [0, 0.05) is 35.3 Å². The number of hydrogen-bond donors (Lipinski definition) is 1. The predicted molar refractivity (Wildman–Crippen MR) is 91.4 cm³/mol. The molecule has 4 nitrogen and oxygen atoms in total. The lowest BCUT2D eigenvalue weighted by Gasteiger charge is -2.08. The molecule has 6 heteroatoms. The molecule has 1 aromatic carbocycles. The molecule has 2 heterocycles. The summed E-state index contributed by atoms with van der Waals surface area (Å²) in [6, 6.07) is 11.5. The van der Waals surface area contributed by atoms with Gasteiger partial charge in [-0.25, -0.2) is 4.98 Å². The van der Waals surface area contributed by atoms with Crippen molar-refractivity contribution in [3.05, 3.63) is 58.9 Å². The number of fused-ring (bicyclic) bond motifs is 1. The molecule has 0 aliphatic heterocycles. The topological polar surface area (TPSA) is 50.4 Å². The van der Waals surface area contributed by atoms with Gasteiger partial charge in [0.25, 0.3) is 0 Å². The highest BCUT2D eigenvalue weighted by Crippen LogP contribution is 2.23. The van der Waals surface area contributed by atoms with E-state index in [-0.39, 0.29) is 0 Å². The van der Waals surface area contributed by atoms with Crippen LogP contribution in [-0.4, -0.2) is 26.7 Å². The normalized spacial score (nSPS) is 12.0. The average molecular weight is 332 g/mol. The molecule has 0 radical (unpaired) electrons. The average Bonchev–Trinajstić information content (AvgIpc) is 2.88. The van der Waals surface area contributed by atoms with E-state index in [2.05, 4.69) is 10.1 Å². The van der Waals surface area contributed by atoms with Crippen molar-refractivity contribution in [3.8, 4) is 0 Å². The Morgan fingerprint density at radius 2 is 2.05 bits per heavy atom. The third-order valence-corrected chi connectivity index (χ3v) is 4.33. The molecule has 2 aromatic heterocycles. The van der Waals surface area contributed by atoms with Gasteiger partial charge in [0.2, 0.25) is 0 Å². The van der Waals surface area contributed by atoms with Crippen molar-refractivity contribution < 1.29 is 5.21 Å². The molecule has 3 rings (SSSR count). The molecule has 0 saturated carbocycles. The number of rotatable bonds is 3. The van der Waals surface area contributed by atoms with Crippen molar-refractivity contribution in [1.82, 2.24) is 9.55 Å². The fourth-order valence-electron chi connectivity index (χ4n) is 2.43. The summed E-state index contributed by atoms with van der Waals surface area (Å²) in [5, 5.41) is 15.2. The van der Waals surface area contributed by atoms with Crippen LogP contribution in [0.5, 0.6) is 0 Å². The van der Waals surface area contributed by atoms with Gasteiger partial charge in [0.1, 0.15) is 10.9 Å². The molecule has 112 valence electrons. The van der Waals surface area contributed by atoms with Crippen LogP contribution in [0.3, 0.4) is 0 Å². The van der Waals surface area contributed by atoms with Crippen LogP contribution in [0, 0.1) is 0 Å². The van der Waals surface area contributed by atoms with Gasteiger partial charge in [-0.05, 0) is 36.6 Å². The van der Waals surface area contributed by atoms with E-state index in [0.29, 0.717) is 10.9 Å². The summed E-state index contributed by atoms with van der Waals surface area (Å²) in [6.45, 7) is 0. The maximum Gasteiger partial charge on any atom is 0.131 e. The van der Waals surface area contributed by atoms with Gasteiger partial charge in [-0.15, -0.1) is 11.8 Å². The number of thioether (sulfide) groups is 1. The van der Waals surface area contributed by atoms with E-state index in [1.165, 1.54) is 11.8 Å². The largest absolute Gasteiger partial charge is 0.410 e. The van der Waals surface area contributed by atoms with Crippen molar-refractivity contribution in [2.45, 2.75) is 5.03 Å². The molecule has 22 heavy (non-hydrogen) atoms. The fraction of sp³-hybridized carbons (Fsp3) is 0.125. The van der Waals surface area contributed by atoms with E-state index in [4.69, 9.17) is 11.6 Å². The predicted octanol–water partition coefficient (Wildman–Crippen LogP) is 4.18. The van der Waals surface area contributed by atoms with Crippen LogP contribution in [0.25, 0.3) is 10.9 Å². The molecule has 1 N–H and O–H groups in total. The number of halogens is 1. The lowest BCUT2D eigenvalue weighted by Crippen LogP contribution is -2.04. The molecular weight excluding hydrogens is 318 g/mol. The van der Waals surface area contributed by atoms with E-state index >= 15 is 0 Å². The second-order valence-electron chi connectivity index (χ2n) is 4.87. The number of pyridine rings is 1. The number of oxime groups is 1. The van der Waals surface area contributed by atoms with Crippen LogP contribution < -0.4 is 0 Å². The first-order valence-electron chi connectivity index (χ1n) is 6.62. The van der Waals surface area contributed by atoms with Gasteiger partial charge >= 0.3 is 0 Å². The summed E-state index contributed by atoms with van der Waals surface area (Å²) in [6.07, 6.45) is 3.92. The zero-order valence-electron chi connectivity index (χ0n) is 12.1. The van der Waals surface area contributed by atoms with Crippen molar-refractivity contribution in [2.75, 3.05) is 6.26 Å². The second kappa shape index (κ2) is 6.02. The standard InChI is InChI=1S/C16H14ClN3OS/c1-20-6-5-10-7-11(3-4-13(10)20)16(19-21)12-8-14(17)18-15(9-12)22-2/h3-9,21H,1-2H3/b19-16-. The zero-order valence-corrected chi connectivity index (χ0v) is 13.7. The molecular formula is C16H14ClN3OS. The third kappa shape index (κ3) is 2.69. The van der Waals surface area contributed by atoms with Crippen LogP contribution in [-0.2, 0) is 7.05 Å². The Labute approximate surface area is 137 Å². The van der Waals surface area contributed by atoms with Gasteiger partial charge in [-0.3, -0.25) is 0 Å². The van der Waals surface area contributed by atoms with Gasteiger partial charge in [0.05, 0.1) is 5.03 Å². The zero-order chi connectivity index (χ0) is 15.7. The molecule has 0 aliphatic carbocycles. The Bertz CT molecular complexity index is 873. The highest BCUT2D eigenvalue weighted by Gasteiger charge is 2.12. The van der Waals surface area contributed by atoms with Gasteiger partial charge in [-0.2, -0.15) is 0 Å². The Hall–Kier alpha value is -1.98. The molecule has 0 amide bonds. The summed E-state index contributed by atoms with van der Waals surface area (Å²) < 4.78 is 2.05. The minimum absolute atomic E-state index is 0.379. The smallest absolute Gasteiger partial charge is 0.131 e. The maximum absolute atomic E-state index is 9.48. The molecule has 0 spiro atoms. The summed E-state index contributed by atoms with van der Waals surface area (Å²) in [4.78, 5) is 4.20. The summed E-state index contributed by atoms with van der Waals surface area (Å²) in [5.74, 6) is 0. The lowest BCUT2D eigenvalue weighted by atomic mass is 10.0. The van der Waals surface area contributed by atoms with E-state index < -0.39 is 0 Å². The van der Waals surface area contributed by atoms with E-state index in [1.807, 2.05) is 54.4 Å².